The van der Waals surface area contributed by atoms with Gasteiger partial charge in [0.25, 0.3) is 5.91 Å². The molecule has 1 heterocycles. The van der Waals surface area contributed by atoms with Gasteiger partial charge in [0.05, 0.1) is 12.1 Å². The van der Waals surface area contributed by atoms with Crippen molar-refractivity contribution in [3.8, 4) is 5.75 Å². The number of anilines is 1. The number of rotatable bonds is 8. The molecule has 0 bridgehead atoms. The highest BCUT2D eigenvalue weighted by Gasteiger charge is 2.26. The summed E-state index contributed by atoms with van der Waals surface area (Å²) in [5, 5.41) is 22.8. The molecular weight excluding hydrogens is 366 g/mol. The Morgan fingerprint density at radius 3 is 2.66 bits per heavy atom. The van der Waals surface area contributed by atoms with Gasteiger partial charge >= 0.3 is 0 Å². The van der Waals surface area contributed by atoms with Crippen molar-refractivity contribution in [1.29, 1.82) is 0 Å². The summed E-state index contributed by atoms with van der Waals surface area (Å²) in [6, 6.07) is 14.9. The standard InChI is InChI=1S/C23H31N3O3/c1-3-12-24-23(29)17-7-9-19(10-8-17)25(2)22(16-26-13-11-21(28)15-26)18-5-4-6-20(27)14-18/h4-10,14,21-22,27-28H,3,11-13,15-16H2,1-2H3,(H,24,29). The molecule has 3 N–H and O–H groups in total. The summed E-state index contributed by atoms with van der Waals surface area (Å²) in [7, 11) is 2.02. The minimum absolute atomic E-state index is 0.00664. The van der Waals surface area contributed by atoms with Gasteiger partial charge in [-0.2, -0.15) is 0 Å². The van der Waals surface area contributed by atoms with Crippen LogP contribution in [-0.2, 0) is 0 Å². The number of phenolic OH excluding ortho intramolecular Hbond substituents is 1. The first-order chi connectivity index (χ1) is 14.0. The van der Waals surface area contributed by atoms with E-state index in [1.165, 1.54) is 0 Å². The van der Waals surface area contributed by atoms with Gasteiger partial charge in [0.1, 0.15) is 5.75 Å². The predicted molar refractivity (Wildman–Crippen MR) is 115 cm³/mol. The predicted octanol–water partition coefficient (Wildman–Crippen LogP) is 2.78. The SMILES string of the molecule is CCCNC(=O)c1ccc(N(C)C(CN2CCC(O)C2)c2cccc(O)c2)cc1. The van der Waals surface area contributed by atoms with E-state index in [4.69, 9.17) is 0 Å². The molecule has 6 nitrogen and oxygen atoms in total. The van der Waals surface area contributed by atoms with Crippen molar-refractivity contribution in [3.63, 3.8) is 0 Å². The molecule has 156 valence electrons. The van der Waals surface area contributed by atoms with Crippen LogP contribution in [0.15, 0.2) is 48.5 Å². The van der Waals surface area contributed by atoms with Gasteiger partial charge in [0.2, 0.25) is 0 Å². The first-order valence-electron chi connectivity index (χ1n) is 10.3. The lowest BCUT2D eigenvalue weighted by molar-refractivity contribution is 0.0953. The van der Waals surface area contributed by atoms with Crippen LogP contribution in [0.25, 0.3) is 0 Å². The molecule has 1 saturated heterocycles. The Kier molecular flexibility index (Phi) is 7.12. The van der Waals surface area contributed by atoms with Crippen molar-refractivity contribution >= 4 is 11.6 Å². The zero-order valence-electron chi connectivity index (χ0n) is 17.2. The molecule has 2 aromatic rings. The molecule has 6 heteroatoms. The van der Waals surface area contributed by atoms with E-state index in [1.807, 2.05) is 50.4 Å². The fourth-order valence-corrected chi connectivity index (χ4v) is 3.77. The Labute approximate surface area is 172 Å². The number of β-amino-alcohol motifs (C(OH)–C–C–N with tert-alkyl or cyclic N) is 1. The van der Waals surface area contributed by atoms with Gasteiger partial charge in [-0.25, -0.2) is 0 Å². The number of nitrogens with zero attached hydrogens (tertiary/aromatic N) is 2. The van der Waals surface area contributed by atoms with Gasteiger partial charge in [-0.3, -0.25) is 9.69 Å². The zero-order chi connectivity index (χ0) is 20.8. The van der Waals surface area contributed by atoms with Crippen LogP contribution in [0.2, 0.25) is 0 Å². The van der Waals surface area contributed by atoms with Crippen LogP contribution in [0.5, 0.6) is 5.75 Å². The van der Waals surface area contributed by atoms with Crippen LogP contribution in [0.4, 0.5) is 5.69 Å². The number of hydrogen-bond donors (Lipinski definition) is 3. The second-order valence-electron chi connectivity index (χ2n) is 7.73. The highest BCUT2D eigenvalue weighted by molar-refractivity contribution is 5.94. The number of aliphatic hydroxyl groups is 1. The topological polar surface area (TPSA) is 76.0 Å². The summed E-state index contributed by atoms with van der Waals surface area (Å²) < 4.78 is 0. The molecular formula is C23H31N3O3. The Balaban J connectivity index is 1.80. The van der Waals surface area contributed by atoms with E-state index in [-0.39, 0.29) is 23.8 Å². The van der Waals surface area contributed by atoms with Crippen molar-refractivity contribution in [2.45, 2.75) is 31.9 Å². The summed E-state index contributed by atoms with van der Waals surface area (Å²) in [4.78, 5) is 16.6. The third-order valence-corrected chi connectivity index (χ3v) is 5.47. The number of carbonyl (C=O) groups is 1. The molecule has 1 amide bonds. The Bertz CT molecular complexity index is 809. The number of aliphatic hydroxyl groups excluding tert-OH is 1. The molecule has 1 aliphatic heterocycles. The van der Waals surface area contributed by atoms with Crippen molar-refractivity contribution < 1.29 is 15.0 Å². The van der Waals surface area contributed by atoms with Crippen LogP contribution < -0.4 is 10.2 Å². The minimum atomic E-state index is -0.272. The molecule has 0 radical (unpaired) electrons. The molecule has 0 aromatic heterocycles. The number of likely N-dealkylation sites (tertiary alicyclic amines) is 1. The van der Waals surface area contributed by atoms with Crippen molar-refractivity contribution in [1.82, 2.24) is 10.2 Å². The van der Waals surface area contributed by atoms with E-state index in [1.54, 1.807) is 12.1 Å². The lowest BCUT2D eigenvalue weighted by Gasteiger charge is -2.33. The maximum absolute atomic E-state index is 12.2. The summed E-state index contributed by atoms with van der Waals surface area (Å²) in [6.07, 6.45) is 1.42. The van der Waals surface area contributed by atoms with E-state index in [0.29, 0.717) is 18.7 Å². The molecule has 29 heavy (non-hydrogen) atoms. The van der Waals surface area contributed by atoms with Crippen molar-refractivity contribution in [2.75, 3.05) is 38.1 Å². The lowest BCUT2D eigenvalue weighted by Crippen LogP contribution is -2.36. The van der Waals surface area contributed by atoms with Crippen LogP contribution in [0, 0.1) is 0 Å². The first-order valence-corrected chi connectivity index (χ1v) is 10.3. The van der Waals surface area contributed by atoms with Crippen LogP contribution in [-0.4, -0.2) is 60.4 Å². The Morgan fingerprint density at radius 1 is 1.28 bits per heavy atom. The maximum Gasteiger partial charge on any atom is 0.251 e. The van der Waals surface area contributed by atoms with Gasteiger partial charge in [-0.1, -0.05) is 19.1 Å². The smallest absolute Gasteiger partial charge is 0.251 e. The quantitative estimate of drug-likeness (QED) is 0.639. The Hall–Kier alpha value is -2.57. The van der Waals surface area contributed by atoms with Gasteiger partial charge in [-0.15, -0.1) is 0 Å². The fraction of sp³-hybridized carbons (Fsp3) is 0.435. The van der Waals surface area contributed by atoms with Crippen molar-refractivity contribution in [3.05, 3.63) is 59.7 Å². The Morgan fingerprint density at radius 2 is 2.03 bits per heavy atom. The van der Waals surface area contributed by atoms with Gasteiger partial charge in [0.15, 0.2) is 0 Å². The number of aromatic hydroxyl groups is 1. The number of nitrogens with one attached hydrogen (secondary N) is 1. The number of benzene rings is 2. The molecule has 0 saturated carbocycles. The number of phenols is 1. The largest absolute Gasteiger partial charge is 0.508 e. The third-order valence-electron chi connectivity index (χ3n) is 5.47. The lowest BCUT2D eigenvalue weighted by atomic mass is 10.0. The highest BCUT2D eigenvalue weighted by Crippen LogP contribution is 2.29. The zero-order valence-corrected chi connectivity index (χ0v) is 17.2. The van der Waals surface area contributed by atoms with Crippen LogP contribution in [0.3, 0.4) is 0 Å². The monoisotopic (exact) mass is 397 g/mol. The third kappa shape index (κ3) is 5.49. The minimum Gasteiger partial charge on any atom is -0.508 e. The molecule has 0 aliphatic carbocycles. The second kappa shape index (κ2) is 9.76. The number of hydrogen-bond acceptors (Lipinski definition) is 5. The molecule has 1 aliphatic rings. The number of likely N-dealkylation sites (N-methyl/N-ethyl adjacent to an activating group) is 1. The van der Waals surface area contributed by atoms with Crippen molar-refractivity contribution in [2.24, 2.45) is 0 Å². The highest BCUT2D eigenvalue weighted by atomic mass is 16.3. The summed E-state index contributed by atoms with van der Waals surface area (Å²) in [6.45, 7) is 4.97. The number of amides is 1. The second-order valence-corrected chi connectivity index (χ2v) is 7.73. The van der Waals surface area contributed by atoms with Crippen LogP contribution in [0.1, 0.15) is 41.7 Å². The fourth-order valence-electron chi connectivity index (χ4n) is 3.77. The first kappa shape index (κ1) is 21.1. The summed E-state index contributed by atoms with van der Waals surface area (Å²) >= 11 is 0. The molecule has 1 fully saturated rings. The molecule has 2 unspecified atom stereocenters. The average Bonchev–Trinajstić information content (AvgIpc) is 3.14. The molecule has 3 rings (SSSR count). The maximum atomic E-state index is 12.2. The molecule has 0 spiro atoms. The van der Waals surface area contributed by atoms with Gasteiger partial charge in [-0.05, 0) is 54.8 Å². The van der Waals surface area contributed by atoms with Gasteiger partial charge < -0.3 is 20.4 Å². The van der Waals surface area contributed by atoms with E-state index in [2.05, 4.69) is 15.1 Å². The summed E-state index contributed by atoms with van der Waals surface area (Å²) in [5.74, 6) is 0.182. The van der Waals surface area contributed by atoms with E-state index in [9.17, 15) is 15.0 Å². The van der Waals surface area contributed by atoms with Crippen LogP contribution >= 0.6 is 0 Å². The van der Waals surface area contributed by atoms with E-state index in [0.717, 1.165) is 37.2 Å². The normalized spacial score (nSPS) is 17.8. The average molecular weight is 398 g/mol. The van der Waals surface area contributed by atoms with E-state index >= 15 is 0 Å². The van der Waals surface area contributed by atoms with E-state index < -0.39 is 0 Å². The van der Waals surface area contributed by atoms with Gasteiger partial charge in [0, 0.05) is 44.5 Å². The molecule has 2 atom stereocenters. The summed E-state index contributed by atoms with van der Waals surface area (Å²) in [5.41, 5.74) is 2.65. The molecule has 2 aromatic carbocycles. The number of carbonyl (C=O) groups excluding carboxylic acids is 1.